The molecule has 0 saturated carbocycles. The Bertz CT molecular complexity index is 3460. The van der Waals surface area contributed by atoms with Crippen molar-refractivity contribution in [2.24, 2.45) is 0 Å². The Morgan fingerprint density at radius 1 is 0.594 bits per heavy atom. The summed E-state index contributed by atoms with van der Waals surface area (Å²) in [6.45, 7) is 27.4. The molecular formula is C63H61N4OPt-. The number of para-hydroxylation sites is 1. The number of rotatable bonds is 10. The van der Waals surface area contributed by atoms with E-state index in [2.05, 4.69) is 233 Å². The van der Waals surface area contributed by atoms with Crippen molar-refractivity contribution in [1.82, 2.24) is 18.7 Å². The Morgan fingerprint density at radius 2 is 1.25 bits per heavy atom. The number of ether oxygens (including phenoxy) is 1. The Kier molecular flexibility index (Phi) is 11.5. The van der Waals surface area contributed by atoms with Gasteiger partial charge in [-0.1, -0.05) is 153 Å². The Labute approximate surface area is 423 Å². The number of aryl methyl sites for hydroxylation is 2. The smallest absolute Gasteiger partial charge is 0.225 e. The molecule has 6 heteroatoms. The van der Waals surface area contributed by atoms with Gasteiger partial charge in [0.05, 0.1) is 5.69 Å². The van der Waals surface area contributed by atoms with Crippen LogP contribution in [0.5, 0.6) is 11.5 Å². The van der Waals surface area contributed by atoms with Gasteiger partial charge >= 0.3 is 0 Å². The van der Waals surface area contributed by atoms with E-state index in [9.17, 15) is 0 Å². The topological polar surface area (TPSA) is 27.1 Å². The molecule has 1 saturated heterocycles. The van der Waals surface area contributed by atoms with E-state index in [0.29, 0.717) is 38.4 Å². The number of nitrogens with zero attached hydrogens (tertiary/aromatic N) is 4. The molecule has 350 valence electrons. The van der Waals surface area contributed by atoms with Gasteiger partial charge in [-0.2, -0.15) is 10.7 Å². The third kappa shape index (κ3) is 7.34. The predicted molar refractivity (Wildman–Crippen MR) is 284 cm³/mol. The zero-order valence-corrected chi connectivity index (χ0v) is 44.0. The van der Waals surface area contributed by atoms with E-state index in [4.69, 9.17) is 9.72 Å². The van der Waals surface area contributed by atoms with Crippen LogP contribution in [0, 0.1) is 32.6 Å². The quantitative estimate of drug-likeness (QED) is 0.0775. The van der Waals surface area contributed by atoms with Crippen molar-refractivity contribution in [2.45, 2.75) is 99.3 Å². The Balaban J connectivity index is 0.00000553. The van der Waals surface area contributed by atoms with E-state index in [1.54, 1.807) is 0 Å². The van der Waals surface area contributed by atoms with Crippen LogP contribution in [-0.4, -0.2) is 9.55 Å². The molecule has 1 fully saturated rings. The van der Waals surface area contributed by atoms with Gasteiger partial charge in [-0.15, -0.1) is 29.1 Å². The molecule has 2 atom stereocenters. The molecule has 0 spiro atoms. The standard InChI is InChI=1S/C63H61N4O.Pt/c1-39(2)51-20-12-13-21-54(51)45-33-48(36-50(34-45)68-49-26-27-56-55-22-14-15-25-57(55)65(58(56)37-49)61-35-46(28-29-64-61)63(9,10)11)67-38-66(67,59-30-42(7)43(8)31-60(59)67)47-19-16-18-44(32-47)62-52(40(3)4)23-17-24-53(62)41(5)6;/h12-35,38-41H,1-11H3;/q-1;/t66-,67?;/m0./s1. The summed E-state index contributed by atoms with van der Waals surface area (Å²) in [5.74, 6) is 3.22. The number of hydrogen-bond acceptors (Lipinski definition) is 2. The average Bonchev–Trinajstić information content (AvgIpc) is 3.84. The third-order valence-corrected chi connectivity index (χ3v) is 14.7. The van der Waals surface area contributed by atoms with Crippen molar-refractivity contribution in [3.63, 3.8) is 0 Å². The maximum absolute atomic E-state index is 7.08. The van der Waals surface area contributed by atoms with Gasteiger partial charge < -0.3 is 9.30 Å². The molecule has 0 N–H and O–H groups in total. The molecule has 0 bridgehead atoms. The molecule has 2 aliphatic rings. The molecule has 9 aromatic rings. The Morgan fingerprint density at radius 3 is 1.96 bits per heavy atom. The predicted octanol–water partition coefficient (Wildman–Crippen LogP) is 17.5. The van der Waals surface area contributed by atoms with Crippen LogP contribution in [0.1, 0.15) is 113 Å². The fourth-order valence-electron chi connectivity index (χ4n) is 11.0. The number of fused-ring (bicyclic) bond motifs is 7. The molecule has 0 amide bonds. The van der Waals surface area contributed by atoms with Gasteiger partial charge in [0.1, 0.15) is 5.82 Å². The van der Waals surface area contributed by atoms with E-state index in [-0.39, 0.29) is 26.5 Å². The van der Waals surface area contributed by atoms with Crippen molar-refractivity contribution >= 4 is 44.6 Å². The van der Waals surface area contributed by atoms with Crippen molar-refractivity contribution in [2.75, 3.05) is 0 Å². The second-order valence-electron chi connectivity index (χ2n) is 21.1. The van der Waals surface area contributed by atoms with E-state index < -0.39 is 0 Å². The Hall–Kier alpha value is -6.10. The number of benzene rings is 7. The van der Waals surface area contributed by atoms with Crippen molar-refractivity contribution in [1.29, 1.82) is 0 Å². The number of pyridine rings is 1. The summed E-state index contributed by atoms with van der Waals surface area (Å²) >= 11 is 0. The van der Waals surface area contributed by atoms with Gasteiger partial charge in [0.2, 0.25) is 11.4 Å². The first-order valence-electron chi connectivity index (χ1n) is 24.4. The summed E-state index contributed by atoms with van der Waals surface area (Å²) in [5.41, 5.74) is 19.5. The monoisotopic (exact) mass is 1080 g/mol. The zero-order valence-electron chi connectivity index (χ0n) is 41.7. The third-order valence-electron chi connectivity index (χ3n) is 14.7. The molecule has 2 aliphatic heterocycles. The van der Waals surface area contributed by atoms with E-state index >= 15 is 0 Å². The van der Waals surface area contributed by atoms with Crippen LogP contribution in [0.4, 0.5) is 22.7 Å². The van der Waals surface area contributed by atoms with E-state index in [1.807, 2.05) is 12.3 Å². The molecule has 11 rings (SSSR count). The van der Waals surface area contributed by atoms with Gasteiger partial charge in [0.25, 0.3) is 0 Å². The SMILES string of the molecule is Cc1cc2c(cc1C)[N@@+]1(c3cccc(-c4c(C(C)C)cccc4C(C)C)c3)[CH-][N+]21c1[c-]c(Oc2[c-]c3c(cc2)c2ccccc2n3-c2cc(C(C)(C)C)ccn2)cc(-c2ccccc2C(C)C)c1.[Pt]. The molecule has 4 heterocycles. The molecular weight excluding hydrogens is 1020 g/mol. The van der Waals surface area contributed by atoms with Crippen LogP contribution in [0.2, 0.25) is 0 Å². The summed E-state index contributed by atoms with van der Waals surface area (Å²) < 4.78 is 10.4. The number of hydrogen-bond donors (Lipinski definition) is 0. The van der Waals surface area contributed by atoms with Crippen LogP contribution < -0.4 is 13.9 Å². The van der Waals surface area contributed by atoms with Crippen LogP contribution in [-0.2, 0) is 26.5 Å². The number of aromatic nitrogens is 2. The first-order chi connectivity index (χ1) is 32.6. The minimum Gasteiger partial charge on any atom is -0.509 e. The van der Waals surface area contributed by atoms with Crippen LogP contribution in [0.25, 0.3) is 49.9 Å². The normalized spacial score (nSPS) is 17.2. The summed E-state index contributed by atoms with van der Waals surface area (Å²) in [4.78, 5) is 4.93. The average molecular weight is 1090 g/mol. The second-order valence-corrected chi connectivity index (χ2v) is 21.1. The first kappa shape index (κ1) is 46.6. The van der Waals surface area contributed by atoms with Crippen LogP contribution >= 0.6 is 0 Å². The van der Waals surface area contributed by atoms with E-state index in [0.717, 1.165) is 38.9 Å². The van der Waals surface area contributed by atoms with Gasteiger partial charge in [-0.3, -0.25) is 0 Å². The fourth-order valence-corrected chi connectivity index (χ4v) is 11.0. The number of quaternary nitrogens is 2. The first-order valence-corrected chi connectivity index (χ1v) is 24.4. The maximum atomic E-state index is 7.08. The summed E-state index contributed by atoms with van der Waals surface area (Å²) in [7, 11) is 0. The van der Waals surface area contributed by atoms with Gasteiger partial charge in [-0.05, 0) is 111 Å². The summed E-state index contributed by atoms with van der Waals surface area (Å²) in [5, 5.41) is 2.25. The molecule has 5 nitrogen and oxygen atoms in total. The van der Waals surface area contributed by atoms with Crippen molar-refractivity contribution in [3.05, 3.63) is 198 Å². The van der Waals surface area contributed by atoms with Crippen molar-refractivity contribution < 1.29 is 25.8 Å². The zero-order chi connectivity index (χ0) is 47.4. The fraction of sp³-hybridized carbons (Fsp3) is 0.238. The molecule has 0 aliphatic carbocycles. The van der Waals surface area contributed by atoms with Crippen LogP contribution in [0.3, 0.4) is 0 Å². The molecule has 7 aromatic carbocycles. The van der Waals surface area contributed by atoms with Crippen molar-refractivity contribution in [3.8, 4) is 39.6 Å². The van der Waals surface area contributed by atoms with Gasteiger partial charge in [0, 0.05) is 68.5 Å². The van der Waals surface area contributed by atoms with E-state index in [1.165, 1.54) is 67.1 Å². The maximum Gasteiger partial charge on any atom is 0.225 e. The largest absolute Gasteiger partial charge is 0.509 e. The minimum absolute atomic E-state index is 0. The molecule has 69 heavy (non-hydrogen) atoms. The molecule has 0 radical (unpaired) electrons. The summed E-state index contributed by atoms with van der Waals surface area (Å²) in [6.07, 6.45) is 1.92. The summed E-state index contributed by atoms with van der Waals surface area (Å²) in [6, 6.07) is 59.1. The van der Waals surface area contributed by atoms with Crippen LogP contribution in [0.15, 0.2) is 146 Å². The minimum atomic E-state index is -0.0355. The molecule has 2 aromatic heterocycles. The molecule has 1 unspecified atom stereocenters. The second kappa shape index (κ2) is 17.1. The van der Waals surface area contributed by atoms with Gasteiger partial charge in [0.15, 0.2) is 12.4 Å². The van der Waals surface area contributed by atoms with Gasteiger partial charge in [-0.25, -0.2) is 9.58 Å².